The summed E-state index contributed by atoms with van der Waals surface area (Å²) in [5.41, 5.74) is 2.05. The van der Waals surface area contributed by atoms with Gasteiger partial charge in [0.1, 0.15) is 0 Å². The second kappa shape index (κ2) is 9.03. The maximum absolute atomic E-state index is 11.4. The summed E-state index contributed by atoms with van der Waals surface area (Å²) in [5.74, 6) is 0.410. The largest absolute Gasteiger partial charge is 0.462 e. The van der Waals surface area contributed by atoms with Crippen LogP contribution in [0.25, 0.3) is 0 Å². The van der Waals surface area contributed by atoms with Gasteiger partial charge < -0.3 is 4.74 Å². The fourth-order valence-electron chi connectivity index (χ4n) is 1.39. The number of ether oxygens (including phenoxy) is 1. The lowest BCUT2D eigenvalue weighted by molar-refractivity contribution is -0.139. The molecule has 0 aromatic carbocycles. The Balaban J connectivity index is 3.68. The zero-order valence-electron chi connectivity index (χ0n) is 11.9. The Kier molecular flexibility index (Phi) is 8.47. The summed E-state index contributed by atoms with van der Waals surface area (Å²) in [6, 6.07) is 0. The smallest absolute Gasteiger partial charge is 0.333 e. The van der Waals surface area contributed by atoms with Crippen LogP contribution >= 0.6 is 0 Å². The summed E-state index contributed by atoms with van der Waals surface area (Å²) in [6.07, 6.45) is 7.25. The van der Waals surface area contributed by atoms with Crippen LogP contribution in [-0.2, 0) is 9.53 Å². The molecule has 1 atom stereocenters. The lowest BCUT2D eigenvalue weighted by Crippen LogP contribution is -2.09. The standard InChI is InChI=1S/C15H26O2/c1-6-14(5)15(16)17-11-10-13(4)9-7-8-12(2)3/h6,8,13H,7,9-11H2,1-5H3/b14-6-/t13-/m1/s1. The van der Waals surface area contributed by atoms with Gasteiger partial charge in [-0.1, -0.05) is 24.6 Å². The molecule has 0 saturated carbocycles. The van der Waals surface area contributed by atoms with Crippen LogP contribution in [0.15, 0.2) is 23.3 Å². The van der Waals surface area contributed by atoms with Crippen LogP contribution in [0.4, 0.5) is 0 Å². The Labute approximate surface area is 106 Å². The summed E-state index contributed by atoms with van der Waals surface area (Å²) in [4.78, 5) is 11.4. The average Bonchev–Trinajstić information content (AvgIpc) is 2.27. The van der Waals surface area contributed by atoms with Crippen molar-refractivity contribution in [2.75, 3.05) is 6.61 Å². The first kappa shape index (κ1) is 16.0. The van der Waals surface area contributed by atoms with Gasteiger partial charge in [0.05, 0.1) is 6.61 Å². The summed E-state index contributed by atoms with van der Waals surface area (Å²) in [6.45, 7) is 10.6. The van der Waals surface area contributed by atoms with Crippen LogP contribution in [-0.4, -0.2) is 12.6 Å². The number of rotatable bonds is 7. The predicted octanol–water partition coefficient (Wildman–Crippen LogP) is 4.27. The van der Waals surface area contributed by atoms with Crippen molar-refractivity contribution in [3.8, 4) is 0 Å². The fraction of sp³-hybridized carbons (Fsp3) is 0.667. The normalized spacial score (nSPS) is 13.1. The van der Waals surface area contributed by atoms with E-state index < -0.39 is 0 Å². The third-order valence-corrected chi connectivity index (χ3v) is 2.81. The third kappa shape index (κ3) is 8.73. The molecular formula is C15H26O2. The van der Waals surface area contributed by atoms with Gasteiger partial charge in [0, 0.05) is 5.57 Å². The van der Waals surface area contributed by atoms with Gasteiger partial charge in [0.25, 0.3) is 0 Å². The van der Waals surface area contributed by atoms with Gasteiger partial charge in [0.2, 0.25) is 0 Å². The summed E-state index contributed by atoms with van der Waals surface area (Å²) < 4.78 is 5.17. The SMILES string of the molecule is C/C=C(/C)C(=O)OCC[C@H](C)CCC=C(C)C. The molecule has 0 aliphatic carbocycles. The maximum Gasteiger partial charge on any atom is 0.333 e. The molecular weight excluding hydrogens is 212 g/mol. The minimum atomic E-state index is -0.191. The van der Waals surface area contributed by atoms with Crippen molar-refractivity contribution in [2.24, 2.45) is 5.92 Å². The van der Waals surface area contributed by atoms with Crippen LogP contribution in [0.1, 0.15) is 53.9 Å². The molecule has 17 heavy (non-hydrogen) atoms. The van der Waals surface area contributed by atoms with E-state index in [-0.39, 0.29) is 5.97 Å². The van der Waals surface area contributed by atoms with Crippen molar-refractivity contribution in [3.05, 3.63) is 23.3 Å². The molecule has 98 valence electrons. The molecule has 0 aromatic heterocycles. The Bertz CT molecular complexity index is 283. The topological polar surface area (TPSA) is 26.3 Å². The Morgan fingerprint density at radius 1 is 1.24 bits per heavy atom. The first-order chi connectivity index (χ1) is 7.97. The van der Waals surface area contributed by atoms with Crippen LogP contribution in [0.5, 0.6) is 0 Å². The lowest BCUT2D eigenvalue weighted by atomic mass is 10.0. The van der Waals surface area contributed by atoms with Gasteiger partial charge in [-0.05, 0) is 52.9 Å². The van der Waals surface area contributed by atoms with E-state index in [1.54, 1.807) is 13.0 Å². The third-order valence-electron chi connectivity index (χ3n) is 2.81. The summed E-state index contributed by atoms with van der Waals surface area (Å²) in [7, 11) is 0. The number of hydrogen-bond acceptors (Lipinski definition) is 2. The first-order valence-electron chi connectivity index (χ1n) is 6.40. The number of esters is 1. The van der Waals surface area contributed by atoms with E-state index in [0.717, 1.165) is 19.3 Å². The zero-order valence-corrected chi connectivity index (χ0v) is 11.9. The summed E-state index contributed by atoms with van der Waals surface area (Å²) >= 11 is 0. The highest BCUT2D eigenvalue weighted by Crippen LogP contribution is 2.12. The van der Waals surface area contributed by atoms with Gasteiger partial charge in [0.15, 0.2) is 0 Å². The Morgan fingerprint density at radius 2 is 1.88 bits per heavy atom. The van der Waals surface area contributed by atoms with E-state index in [4.69, 9.17) is 4.74 Å². The number of allylic oxidation sites excluding steroid dienone is 3. The van der Waals surface area contributed by atoms with Gasteiger partial charge in [-0.2, -0.15) is 0 Å². The van der Waals surface area contributed by atoms with Crippen molar-refractivity contribution >= 4 is 5.97 Å². The molecule has 0 unspecified atom stereocenters. The molecule has 2 heteroatoms. The van der Waals surface area contributed by atoms with Crippen LogP contribution in [0.2, 0.25) is 0 Å². The average molecular weight is 238 g/mol. The molecule has 0 fully saturated rings. The van der Waals surface area contributed by atoms with E-state index in [9.17, 15) is 4.79 Å². The Morgan fingerprint density at radius 3 is 2.41 bits per heavy atom. The molecule has 0 N–H and O–H groups in total. The highest BCUT2D eigenvalue weighted by molar-refractivity contribution is 5.87. The van der Waals surface area contributed by atoms with E-state index in [1.807, 2.05) is 6.92 Å². The van der Waals surface area contributed by atoms with Crippen molar-refractivity contribution in [3.63, 3.8) is 0 Å². The minimum absolute atomic E-state index is 0.191. The maximum atomic E-state index is 11.4. The predicted molar refractivity (Wildman–Crippen MR) is 72.8 cm³/mol. The number of carbonyl (C=O) groups excluding carboxylic acids is 1. The molecule has 0 rings (SSSR count). The van der Waals surface area contributed by atoms with Crippen LogP contribution in [0.3, 0.4) is 0 Å². The van der Waals surface area contributed by atoms with Crippen molar-refractivity contribution in [2.45, 2.75) is 53.9 Å². The second-order valence-corrected chi connectivity index (χ2v) is 4.86. The first-order valence-corrected chi connectivity index (χ1v) is 6.40. The van der Waals surface area contributed by atoms with E-state index in [1.165, 1.54) is 5.57 Å². The van der Waals surface area contributed by atoms with Gasteiger partial charge >= 0.3 is 5.97 Å². The van der Waals surface area contributed by atoms with Crippen molar-refractivity contribution < 1.29 is 9.53 Å². The van der Waals surface area contributed by atoms with Crippen molar-refractivity contribution in [1.29, 1.82) is 0 Å². The summed E-state index contributed by atoms with van der Waals surface area (Å²) in [5, 5.41) is 0. The number of hydrogen-bond donors (Lipinski definition) is 0. The van der Waals surface area contributed by atoms with E-state index >= 15 is 0 Å². The van der Waals surface area contributed by atoms with Crippen LogP contribution in [0, 0.1) is 5.92 Å². The molecule has 0 saturated heterocycles. The van der Waals surface area contributed by atoms with Crippen LogP contribution < -0.4 is 0 Å². The quantitative estimate of drug-likeness (QED) is 0.376. The minimum Gasteiger partial charge on any atom is -0.462 e. The van der Waals surface area contributed by atoms with Gasteiger partial charge in [-0.15, -0.1) is 0 Å². The van der Waals surface area contributed by atoms with Gasteiger partial charge in [-0.25, -0.2) is 4.79 Å². The zero-order chi connectivity index (χ0) is 13.3. The van der Waals surface area contributed by atoms with E-state index in [2.05, 4.69) is 26.8 Å². The van der Waals surface area contributed by atoms with Crippen molar-refractivity contribution in [1.82, 2.24) is 0 Å². The molecule has 0 spiro atoms. The molecule has 0 aromatic rings. The number of carbonyl (C=O) groups is 1. The second-order valence-electron chi connectivity index (χ2n) is 4.86. The highest BCUT2D eigenvalue weighted by Gasteiger charge is 2.06. The molecule has 0 aliphatic rings. The fourth-order valence-corrected chi connectivity index (χ4v) is 1.39. The Hall–Kier alpha value is -1.05. The molecule has 0 heterocycles. The molecule has 0 bridgehead atoms. The molecule has 0 aliphatic heterocycles. The van der Waals surface area contributed by atoms with Gasteiger partial charge in [-0.3, -0.25) is 0 Å². The monoisotopic (exact) mass is 238 g/mol. The molecule has 0 amide bonds. The molecule has 2 nitrogen and oxygen atoms in total. The molecule has 0 radical (unpaired) electrons. The highest BCUT2D eigenvalue weighted by atomic mass is 16.5. The lowest BCUT2D eigenvalue weighted by Gasteiger charge is -2.10. The van der Waals surface area contributed by atoms with E-state index in [0.29, 0.717) is 18.1 Å².